The summed E-state index contributed by atoms with van der Waals surface area (Å²) in [5.41, 5.74) is 0.114. The van der Waals surface area contributed by atoms with E-state index in [4.69, 9.17) is 0 Å². The van der Waals surface area contributed by atoms with Crippen LogP contribution in [0.25, 0.3) is 0 Å². The maximum atomic E-state index is 12.0. The molecule has 112 valence electrons. The number of thiazole rings is 1. The van der Waals surface area contributed by atoms with Gasteiger partial charge in [0.1, 0.15) is 10.6 Å². The van der Waals surface area contributed by atoms with Crippen LogP contribution in [0.4, 0.5) is 0 Å². The van der Waals surface area contributed by atoms with Crippen molar-refractivity contribution in [2.45, 2.75) is 25.2 Å². The molecule has 0 aliphatic heterocycles. The van der Waals surface area contributed by atoms with E-state index in [-0.39, 0.29) is 10.6 Å². The van der Waals surface area contributed by atoms with Crippen molar-refractivity contribution >= 4 is 27.3 Å². The molecule has 2 heterocycles. The number of amides is 1. The summed E-state index contributed by atoms with van der Waals surface area (Å²) in [5, 5.41) is 2.38. The Hall–Kier alpha value is -1.80. The lowest BCUT2D eigenvalue weighted by Crippen LogP contribution is -2.30. The number of carbonyl (C=O) groups is 1. The second-order valence-electron chi connectivity index (χ2n) is 4.85. The highest BCUT2D eigenvalue weighted by molar-refractivity contribution is 7.90. The highest BCUT2D eigenvalue weighted by Crippen LogP contribution is 2.15. The minimum atomic E-state index is -3.92. The van der Waals surface area contributed by atoms with Crippen LogP contribution in [0.2, 0.25) is 0 Å². The molecule has 0 aliphatic carbocycles. The van der Waals surface area contributed by atoms with Crippen molar-refractivity contribution in [1.29, 1.82) is 0 Å². The van der Waals surface area contributed by atoms with Crippen molar-refractivity contribution in [3.8, 4) is 0 Å². The molecular weight excluding hydrogens is 310 g/mol. The van der Waals surface area contributed by atoms with Gasteiger partial charge < -0.3 is 0 Å². The molecule has 0 aliphatic rings. The van der Waals surface area contributed by atoms with Crippen LogP contribution in [0.3, 0.4) is 0 Å². The number of hydrogen-bond acceptors (Lipinski definition) is 6. The van der Waals surface area contributed by atoms with Crippen LogP contribution in [0.5, 0.6) is 0 Å². The maximum absolute atomic E-state index is 12.0. The van der Waals surface area contributed by atoms with Crippen LogP contribution in [-0.4, -0.2) is 24.3 Å². The van der Waals surface area contributed by atoms with Gasteiger partial charge >= 0.3 is 0 Å². The number of pyridine rings is 1. The SMILES string of the molecule is CC(C)Cc1nc(C(=O)NS(=O)(=O)c2cccnc2)cs1. The highest BCUT2D eigenvalue weighted by atomic mass is 32.2. The predicted molar refractivity (Wildman–Crippen MR) is 79.5 cm³/mol. The minimum absolute atomic E-state index is 0.0593. The molecule has 0 aromatic carbocycles. The Morgan fingerprint density at radius 3 is 2.81 bits per heavy atom. The van der Waals surface area contributed by atoms with Crippen LogP contribution in [0.15, 0.2) is 34.8 Å². The van der Waals surface area contributed by atoms with Gasteiger partial charge in [0.05, 0.1) is 5.01 Å². The number of hydrogen-bond donors (Lipinski definition) is 1. The predicted octanol–water partition coefficient (Wildman–Crippen LogP) is 1.86. The van der Waals surface area contributed by atoms with E-state index in [2.05, 4.69) is 9.97 Å². The first-order chi connectivity index (χ1) is 9.88. The number of carbonyl (C=O) groups excluding carboxylic acids is 1. The first-order valence-electron chi connectivity index (χ1n) is 6.30. The number of nitrogens with one attached hydrogen (secondary N) is 1. The molecule has 2 aromatic heterocycles. The molecule has 0 radical (unpaired) electrons. The largest absolute Gasteiger partial charge is 0.284 e. The van der Waals surface area contributed by atoms with Crippen LogP contribution in [-0.2, 0) is 16.4 Å². The van der Waals surface area contributed by atoms with Crippen molar-refractivity contribution in [2.75, 3.05) is 0 Å². The second-order valence-corrected chi connectivity index (χ2v) is 7.47. The summed E-state index contributed by atoms with van der Waals surface area (Å²) in [6.45, 7) is 4.10. The standard InChI is InChI=1S/C13H15N3O3S2/c1-9(2)6-12-15-11(8-20-12)13(17)16-21(18,19)10-4-3-5-14-7-10/h3-5,7-9H,6H2,1-2H3,(H,16,17). The van der Waals surface area contributed by atoms with Gasteiger partial charge in [-0.25, -0.2) is 18.1 Å². The van der Waals surface area contributed by atoms with E-state index >= 15 is 0 Å². The maximum Gasteiger partial charge on any atom is 0.284 e. The van der Waals surface area contributed by atoms with E-state index in [0.29, 0.717) is 5.92 Å². The monoisotopic (exact) mass is 325 g/mol. The van der Waals surface area contributed by atoms with E-state index in [9.17, 15) is 13.2 Å². The second kappa shape index (κ2) is 6.31. The van der Waals surface area contributed by atoms with Crippen LogP contribution < -0.4 is 4.72 Å². The van der Waals surface area contributed by atoms with Crippen molar-refractivity contribution in [1.82, 2.24) is 14.7 Å². The molecule has 2 rings (SSSR count). The Bertz CT molecular complexity index is 724. The third kappa shape index (κ3) is 4.08. The summed E-state index contributed by atoms with van der Waals surface area (Å²) in [6, 6.07) is 2.86. The Morgan fingerprint density at radius 2 is 2.19 bits per heavy atom. The van der Waals surface area contributed by atoms with Gasteiger partial charge in [-0.1, -0.05) is 13.8 Å². The van der Waals surface area contributed by atoms with Crippen molar-refractivity contribution in [2.24, 2.45) is 5.92 Å². The molecule has 8 heteroatoms. The zero-order valence-corrected chi connectivity index (χ0v) is 13.2. The van der Waals surface area contributed by atoms with Gasteiger partial charge in [0, 0.05) is 24.2 Å². The molecule has 0 saturated heterocycles. The molecule has 2 aromatic rings. The van der Waals surface area contributed by atoms with Crippen LogP contribution >= 0.6 is 11.3 Å². The molecule has 1 N–H and O–H groups in total. The molecule has 0 fully saturated rings. The lowest BCUT2D eigenvalue weighted by Gasteiger charge is -2.04. The first-order valence-corrected chi connectivity index (χ1v) is 8.66. The van der Waals surface area contributed by atoms with Gasteiger partial charge in [-0.2, -0.15) is 0 Å². The topological polar surface area (TPSA) is 89.0 Å². The third-order valence-electron chi connectivity index (χ3n) is 2.54. The Morgan fingerprint density at radius 1 is 1.43 bits per heavy atom. The Kier molecular flexibility index (Phi) is 4.69. The fourth-order valence-electron chi connectivity index (χ4n) is 1.60. The Balaban J connectivity index is 2.13. The van der Waals surface area contributed by atoms with E-state index in [0.717, 1.165) is 11.4 Å². The summed E-state index contributed by atoms with van der Waals surface area (Å²) < 4.78 is 26.0. The average molecular weight is 325 g/mol. The molecule has 0 unspecified atom stereocenters. The Labute approximate surface area is 127 Å². The molecule has 0 bridgehead atoms. The number of sulfonamides is 1. The van der Waals surface area contributed by atoms with E-state index in [1.54, 1.807) is 5.38 Å². The first kappa shape index (κ1) is 15.6. The highest BCUT2D eigenvalue weighted by Gasteiger charge is 2.20. The van der Waals surface area contributed by atoms with Gasteiger partial charge in [-0.05, 0) is 18.1 Å². The lowest BCUT2D eigenvalue weighted by molar-refractivity contribution is 0.0977. The molecule has 0 atom stereocenters. The molecular formula is C13H15N3O3S2. The van der Waals surface area contributed by atoms with Gasteiger partial charge in [-0.15, -0.1) is 11.3 Å². The molecule has 1 amide bonds. The molecule has 21 heavy (non-hydrogen) atoms. The summed E-state index contributed by atoms with van der Waals surface area (Å²) in [7, 11) is -3.92. The molecule has 0 saturated carbocycles. The number of nitrogens with zero attached hydrogens (tertiary/aromatic N) is 2. The molecule has 6 nitrogen and oxygen atoms in total. The summed E-state index contributed by atoms with van der Waals surface area (Å²) >= 11 is 1.35. The van der Waals surface area contributed by atoms with E-state index in [1.807, 2.05) is 18.6 Å². The summed E-state index contributed by atoms with van der Waals surface area (Å²) in [5.74, 6) is -0.309. The van der Waals surface area contributed by atoms with E-state index in [1.165, 1.54) is 35.9 Å². The quantitative estimate of drug-likeness (QED) is 0.906. The number of aromatic nitrogens is 2. The van der Waals surface area contributed by atoms with Crippen molar-refractivity contribution in [3.05, 3.63) is 40.6 Å². The minimum Gasteiger partial charge on any atom is -0.266 e. The van der Waals surface area contributed by atoms with Gasteiger partial charge in [0.2, 0.25) is 0 Å². The van der Waals surface area contributed by atoms with E-state index < -0.39 is 15.9 Å². The fourth-order valence-corrected chi connectivity index (χ4v) is 3.51. The smallest absolute Gasteiger partial charge is 0.266 e. The van der Waals surface area contributed by atoms with Gasteiger partial charge in [0.15, 0.2) is 0 Å². The summed E-state index contributed by atoms with van der Waals surface area (Å²) in [4.78, 5) is 19.8. The lowest BCUT2D eigenvalue weighted by atomic mass is 10.1. The van der Waals surface area contributed by atoms with Crippen molar-refractivity contribution < 1.29 is 13.2 Å². The normalized spacial score (nSPS) is 11.6. The van der Waals surface area contributed by atoms with Crippen LogP contribution in [0.1, 0.15) is 29.3 Å². The number of rotatable bonds is 5. The summed E-state index contributed by atoms with van der Waals surface area (Å²) in [6.07, 6.45) is 3.40. The zero-order chi connectivity index (χ0) is 15.5. The van der Waals surface area contributed by atoms with Gasteiger partial charge in [-0.3, -0.25) is 9.78 Å². The van der Waals surface area contributed by atoms with Crippen LogP contribution in [0, 0.1) is 5.92 Å². The fraction of sp³-hybridized carbons (Fsp3) is 0.308. The molecule has 0 spiro atoms. The van der Waals surface area contributed by atoms with Gasteiger partial charge in [0.25, 0.3) is 15.9 Å². The average Bonchev–Trinajstić information content (AvgIpc) is 2.87. The third-order valence-corrected chi connectivity index (χ3v) is 4.73. The zero-order valence-electron chi connectivity index (χ0n) is 11.6. The van der Waals surface area contributed by atoms with Crippen molar-refractivity contribution in [3.63, 3.8) is 0 Å².